The zero-order valence-corrected chi connectivity index (χ0v) is 14.5. The Morgan fingerprint density at radius 1 is 0.882 bits per heavy atom. The largest absolute Gasteiger partial charge is 0.318 e. The molecule has 0 saturated carbocycles. The first-order valence-electron chi connectivity index (χ1n) is 6.03. The molecule has 0 rings (SSSR count). The molecule has 6 heteroatoms. The van der Waals surface area contributed by atoms with Gasteiger partial charge in [-0.05, 0) is 45.5 Å². The van der Waals surface area contributed by atoms with Crippen LogP contribution < -0.4 is 5.32 Å². The van der Waals surface area contributed by atoms with Crippen molar-refractivity contribution in [2.75, 3.05) is 57.2 Å². The van der Waals surface area contributed by atoms with Crippen LogP contribution in [-0.2, 0) is 0 Å². The Morgan fingerprint density at radius 2 is 1.41 bits per heavy atom. The van der Waals surface area contributed by atoms with Crippen LogP contribution in [0, 0.1) is 0 Å². The number of hydrogen-bond donors (Lipinski definition) is 1. The molecule has 0 aliphatic rings. The third kappa shape index (κ3) is 13.6. The number of hydrogen-bond acceptors (Lipinski definition) is 6. The first kappa shape index (κ1) is 18.3. The van der Waals surface area contributed by atoms with Gasteiger partial charge in [0.25, 0.3) is 0 Å². The summed E-state index contributed by atoms with van der Waals surface area (Å²) in [5.41, 5.74) is 0. The molecule has 1 N–H and O–H groups in total. The molecule has 0 atom stereocenters. The first-order chi connectivity index (χ1) is 8.35. The Kier molecular flexibility index (Phi) is 16.6. The van der Waals surface area contributed by atoms with Crippen molar-refractivity contribution in [3.63, 3.8) is 0 Å². The highest BCUT2D eigenvalue weighted by Crippen LogP contribution is 2.18. The zero-order chi connectivity index (χ0) is 12.8. The van der Waals surface area contributed by atoms with Gasteiger partial charge in [-0.25, -0.2) is 0 Å². The Morgan fingerprint density at radius 3 is 1.82 bits per heavy atom. The van der Waals surface area contributed by atoms with Crippen molar-refractivity contribution in [3.8, 4) is 0 Å². The second-order valence-corrected chi connectivity index (χ2v) is 9.00. The Balaban J connectivity index is 3.56. The summed E-state index contributed by atoms with van der Waals surface area (Å²) in [4.78, 5) is 2.60. The normalized spacial score (nSPS) is 11.3. The fraction of sp³-hybridized carbons (Fsp3) is 1.00. The summed E-state index contributed by atoms with van der Waals surface area (Å²) in [5.74, 6) is 2.55. The molecule has 0 aromatic heterocycles. The van der Waals surface area contributed by atoms with Crippen LogP contribution in [0.3, 0.4) is 0 Å². The van der Waals surface area contributed by atoms with Crippen LogP contribution in [0.1, 0.15) is 12.8 Å². The number of nitrogens with zero attached hydrogens (tertiary/aromatic N) is 1. The standard InChI is InChI=1S/C11H26N2S4/c1-12-6-9-13(7-4-10-16-14-2)8-5-11-17-15-3/h12H,4-11H2,1-3H3. The third-order valence-electron chi connectivity index (χ3n) is 2.32. The van der Waals surface area contributed by atoms with Gasteiger partial charge in [0.05, 0.1) is 0 Å². The van der Waals surface area contributed by atoms with Gasteiger partial charge >= 0.3 is 0 Å². The summed E-state index contributed by atoms with van der Waals surface area (Å²) >= 11 is 0. The summed E-state index contributed by atoms with van der Waals surface area (Å²) in [7, 11) is 9.73. The van der Waals surface area contributed by atoms with Crippen LogP contribution in [0.5, 0.6) is 0 Å². The average Bonchev–Trinajstić information content (AvgIpc) is 2.35. The molecule has 0 saturated heterocycles. The molecule has 0 heterocycles. The lowest BCUT2D eigenvalue weighted by atomic mass is 10.3. The van der Waals surface area contributed by atoms with Gasteiger partial charge in [-0.3, -0.25) is 0 Å². The van der Waals surface area contributed by atoms with Gasteiger partial charge in [0.1, 0.15) is 0 Å². The van der Waals surface area contributed by atoms with Gasteiger partial charge in [-0.15, -0.1) is 0 Å². The Bertz CT molecular complexity index is 137. The first-order valence-corrected chi connectivity index (χ1v) is 11.5. The highest BCUT2D eigenvalue weighted by molar-refractivity contribution is 8.76. The molecular weight excluding hydrogens is 288 g/mol. The second kappa shape index (κ2) is 15.4. The molecule has 0 aliphatic heterocycles. The molecule has 0 fully saturated rings. The van der Waals surface area contributed by atoms with E-state index in [4.69, 9.17) is 0 Å². The fourth-order valence-electron chi connectivity index (χ4n) is 1.47. The molecule has 17 heavy (non-hydrogen) atoms. The van der Waals surface area contributed by atoms with Crippen molar-refractivity contribution in [2.45, 2.75) is 12.8 Å². The second-order valence-electron chi connectivity index (χ2n) is 3.63. The minimum absolute atomic E-state index is 1.10. The summed E-state index contributed by atoms with van der Waals surface area (Å²) in [5, 5.41) is 3.24. The lowest BCUT2D eigenvalue weighted by Gasteiger charge is -2.21. The van der Waals surface area contributed by atoms with Crippen molar-refractivity contribution in [3.05, 3.63) is 0 Å². The molecule has 2 nitrogen and oxygen atoms in total. The van der Waals surface area contributed by atoms with Crippen molar-refractivity contribution in [2.24, 2.45) is 0 Å². The van der Waals surface area contributed by atoms with Crippen molar-refractivity contribution in [1.29, 1.82) is 0 Å². The van der Waals surface area contributed by atoms with E-state index in [-0.39, 0.29) is 0 Å². The van der Waals surface area contributed by atoms with Gasteiger partial charge in [0.15, 0.2) is 0 Å². The topological polar surface area (TPSA) is 15.3 Å². The van der Waals surface area contributed by atoms with Gasteiger partial charge in [-0.2, -0.15) is 0 Å². The minimum Gasteiger partial charge on any atom is -0.318 e. The van der Waals surface area contributed by atoms with Crippen LogP contribution >= 0.6 is 43.2 Å². The predicted molar refractivity (Wildman–Crippen MR) is 91.5 cm³/mol. The zero-order valence-electron chi connectivity index (χ0n) is 11.2. The molecule has 0 aliphatic carbocycles. The van der Waals surface area contributed by atoms with E-state index in [0.29, 0.717) is 0 Å². The molecular formula is C11H26N2S4. The number of rotatable bonds is 13. The third-order valence-corrected chi connectivity index (χ3v) is 6.11. The summed E-state index contributed by atoms with van der Waals surface area (Å²) in [6.07, 6.45) is 6.93. The molecule has 0 unspecified atom stereocenters. The van der Waals surface area contributed by atoms with Crippen LogP contribution in [0.2, 0.25) is 0 Å². The van der Waals surface area contributed by atoms with Crippen LogP contribution in [-0.4, -0.2) is 62.1 Å². The quantitative estimate of drug-likeness (QED) is 0.411. The smallest absolute Gasteiger partial charge is 0.0107 e. The Labute approximate surface area is 123 Å². The van der Waals surface area contributed by atoms with E-state index in [2.05, 4.69) is 22.7 Å². The highest BCUT2D eigenvalue weighted by Gasteiger charge is 2.03. The summed E-state index contributed by atoms with van der Waals surface area (Å²) in [6, 6.07) is 0. The highest BCUT2D eigenvalue weighted by atomic mass is 33.1. The molecule has 0 bridgehead atoms. The minimum atomic E-state index is 1.10. The number of likely N-dealkylation sites (N-methyl/N-ethyl adjacent to an activating group) is 1. The van der Waals surface area contributed by atoms with E-state index in [9.17, 15) is 0 Å². The van der Waals surface area contributed by atoms with Crippen LogP contribution in [0.4, 0.5) is 0 Å². The van der Waals surface area contributed by atoms with Crippen LogP contribution in [0.15, 0.2) is 0 Å². The Hall–Kier alpha value is 1.32. The van der Waals surface area contributed by atoms with Gasteiger partial charge in [-0.1, -0.05) is 43.2 Å². The lowest BCUT2D eigenvalue weighted by molar-refractivity contribution is 0.278. The summed E-state index contributed by atoms with van der Waals surface area (Å²) in [6.45, 7) is 4.79. The van der Waals surface area contributed by atoms with Gasteiger partial charge in [0, 0.05) is 24.6 Å². The maximum Gasteiger partial charge on any atom is 0.0107 e. The maximum atomic E-state index is 3.24. The molecule has 0 aromatic rings. The van der Waals surface area contributed by atoms with Gasteiger partial charge < -0.3 is 10.2 Å². The van der Waals surface area contributed by atoms with Gasteiger partial charge in [0.2, 0.25) is 0 Å². The average molecular weight is 315 g/mol. The lowest BCUT2D eigenvalue weighted by Crippen LogP contribution is -2.33. The van der Waals surface area contributed by atoms with E-state index in [1.807, 2.05) is 50.2 Å². The van der Waals surface area contributed by atoms with Crippen molar-refractivity contribution >= 4 is 43.2 Å². The van der Waals surface area contributed by atoms with Crippen molar-refractivity contribution < 1.29 is 0 Å². The molecule has 104 valence electrons. The molecule has 0 aromatic carbocycles. The van der Waals surface area contributed by atoms with Crippen LogP contribution in [0.25, 0.3) is 0 Å². The fourth-order valence-corrected chi connectivity index (χ4v) is 4.00. The summed E-state index contributed by atoms with van der Waals surface area (Å²) < 4.78 is 0. The molecule has 0 radical (unpaired) electrons. The van der Waals surface area contributed by atoms with E-state index in [1.165, 1.54) is 44.0 Å². The SMILES string of the molecule is CNCCN(CCCSSC)CCCSSC. The predicted octanol–water partition coefficient (Wildman–Crippen LogP) is 3.31. The van der Waals surface area contributed by atoms with Crippen molar-refractivity contribution in [1.82, 2.24) is 10.2 Å². The van der Waals surface area contributed by atoms with E-state index < -0.39 is 0 Å². The van der Waals surface area contributed by atoms with E-state index in [1.54, 1.807) is 0 Å². The van der Waals surface area contributed by atoms with E-state index in [0.717, 1.165) is 6.54 Å². The van der Waals surface area contributed by atoms with E-state index >= 15 is 0 Å². The molecule has 0 amide bonds. The monoisotopic (exact) mass is 314 g/mol. The number of nitrogens with one attached hydrogen (secondary N) is 1. The maximum absolute atomic E-state index is 3.24. The molecule has 0 spiro atoms.